The van der Waals surface area contributed by atoms with Gasteiger partial charge in [0, 0.05) is 14.2 Å². The van der Waals surface area contributed by atoms with E-state index >= 15 is 0 Å². The van der Waals surface area contributed by atoms with Crippen LogP contribution in [0.25, 0.3) is 0 Å². The maximum Gasteiger partial charge on any atom is 0.160 e. The molecule has 0 saturated heterocycles. The molecule has 2 aromatic carbocycles. The van der Waals surface area contributed by atoms with Crippen molar-refractivity contribution in [2.45, 2.75) is 6.10 Å². The third-order valence-corrected chi connectivity index (χ3v) is 3.57. The van der Waals surface area contributed by atoms with Crippen LogP contribution in [0.2, 0.25) is 5.02 Å². The van der Waals surface area contributed by atoms with E-state index in [1.54, 1.807) is 12.1 Å². The molecule has 94 valence electrons. The molecule has 0 aliphatic rings. The molecule has 5 heteroatoms. The Balaban J connectivity index is 2.42. The van der Waals surface area contributed by atoms with Crippen LogP contribution in [0.5, 0.6) is 0 Å². The predicted molar refractivity (Wildman–Crippen MR) is 74.6 cm³/mol. The van der Waals surface area contributed by atoms with Gasteiger partial charge in [-0.05, 0) is 52.4 Å². The molecule has 2 aromatic rings. The zero-order valence-corrected chi connectivity index (χ0v) is 11.9. The average molecular weight is 381 g/mol. The lowest BCUT2D eigenvalue weighted by Crippen LogP contribution is -2.02. The number of aliphatic hydroxyl groups is 1. The molecular formula is C13H8ClF2IO. The van der Waals surface area contributed by atoms with Crippen molar-refractivity contribution in [1.29, 1.82) is 0 Å². The molecule has 1 nitrogen and oxygen atoms in total. The van der Waals surface area contributed by atoms with Gasteiger partial charge in [0.1, 0.15) is 6.10 Å². The smallest absolute Gasteiger partial charge is 0.160 e. The van der Waals surface area contributed by atoms with Gasteiger partial charge in [0.25, 0.3) is 0 Å². The monoisotopic (exact) mass is 380 g/mol. The molecule has 18 heavy (non-hydrogen) atoms. The molecule has 2 rings (SSSR count). The highest BCUT2D eigenvalue weighted by atomic mass is 127. The molecule has 0 bridgehead atoms. The molecule has 0 fully saturated rings. The molecule has 1 unspecified atom stereocenters. The van der Waals surface area contributed by atoms with E-state index in [0.717, 1.165) is 15.7 Å². The number of hydrogen-bond acceptors (Lipinski definition) is 1. The van der Waals surface area contributed by atoms with Crippen molar-refractivity contribution in [3.05, 3.63) is 67.8 Å². The fourth-order valence-electron chi connectivity index (χ4n) is 1.57. The highest BCUT2D eigenvalue weighted by Gasteiger charge is 2.17. The number of benzene rings is 2. The van der Waals surface area contributed by atoms with Gasteiger partial charge < -0.3 is 5.11 Å². The Kier molecular flexibility index (Phi) is 4.19. The van der Waals surface area contributed by atoms with Crippen LogP contribution in [0, 0.1) is 15.2 Å². The first-order chi connectivity index (χ1) is 8.49. The van der Waals surface area contributed by atoms with Gasteiger partial charge in [0.2, 0.25) is 0 Å². The Bertz CT molecular complexity index is 572. The Morgan fingerprint density at radius 3 is 2.22 bits per heavy atom. The first-order valence-corrected chi connectivity index (χ1v) is 6.52. The highest BCUT2D eigenvalue weighted by Crippen LogP contribution is 2.30. The van der Waals surface area contributed by atoms with E-state index in [0.29, 0.717) is 5.56 Å². The van der Waals surface area contributed by atoms with Crippen molar-refractivity contribution >= 4 is 34.2 Å². The maximum absolute atomic E-state index is 13.2. The number of halogens is 4. The second-order valence-corrected chi connectivity index (χ2v) is 5.39. The van der Waals surface area contributed by atoms with Gasteiger partial charge in [-0.15, -0.1) is 0 Å². The Morgan fingerprint density at radius 1 is 1.06 bits per heavy atom. The molecule has 1 atom stereocenters. The zero-order chi connectivity index (χ0) is 13.3. The SMILES string of the molecule is OC(c1ccc(I)cc1)c1cc(F)c(F)cc1Cl. The summed E-state index contributed by atoms with van der Waals surface area (Å²) in [4.78, 5) is 0. The van der Waals surface area contributed by atoms with Gasteiger partial charge in [-0.1, -0.05) is 23.7 Å². The Labute approximate surface area is 122 Å². The molecule has 0 spiro atoms. The lowest BCUT2D eigenvalue weighted by Gasteiger charge is -2.13. The summed E-state index contributed by atoms with van der Waals surface area (Å²) in [6.07, 6.45) is -1.08. The molecule has 0 aliphatic carbocycles. The van der Waals surface area contributed by atoms with E-state index in [2.05, 4.69) is 22.6 Å². The highest BCUT2D eigenvalue weighted by molar-refractivity contribution is 14.1. The van der Waals surface area contributed by atoms with Gasteiger partial charge in [0.05, 0.1) is 0 Å². The summed E-state index contributed by atoms with van der Waals surface area (Å²) < 4.78 is 27.1. The summed E-state index contributed by atoms with van der Waals surface area (Å²) in [6.45, 7) is 0. The van der Waals surface area contributed by atoms with Crippen molar-refractivity contribution in [1.82, 2.24) is 0 Å². The topological polar surface area (TPSA) is 20.2 Å². The number of hydrogen-bond donors (Lipinski definition) is 1. The van der Waals surface area contributed by atoms with Crippen LogP contribution in [0.3, 0.4) is 0 Å². The first kappa shape index (κ1) is 13.7. The zero-order valence-electron chi connectivity index (χ0n) is 9.00. The molecule has 0 aliphatic heterocycles. The minimum absolute atomic E-state index is 0.0000463. The van der Waals surface area contributed by atoms with Gasteiger partial charge in [-0.2, -0.15) is 0 Å². The largest absolute Gasteiger partial charge is 0.384 e. The third-order valence-electron chi connectivity index (χ3n) is 2.52. The van der Waals surface area contributed by atoms with Crippen LogP contribution in [0.1, 0.15) is 17.2 Å². The number of rotatable bonds is 2. The van der Waals surface area contributed by atoms with Crippen molar-refractivity contribution in [2.24, 2.45) is 0 Å². The molecule has 0 radical (unpaired) electrons. The van der Waals surface area contributed by atoms with Crippen LogP contribution in [0.15, 0.2) is 36.4 Å². The van der Waals surface area contributed by atoms with Crippen molar-refractivity contribution < 1.29 is 13.9 Å². The third kappa shape index (κ3) is 2.81. The maximum atomic E-state index is 13.2. The van der Waals surface area contributed by atoms with E-state index in [1.165, 1.54) is 0 Å². The van der Waals surface area contributed by atoms with E-state index in [4.69, 9.17) is 11.6 Å². The minimum atomic E-state index is -1.08. The quantitative estimate of drug-likeness (QED) is 0.608. The van der Waals surface area contributed by atoms with Crippen LogP contribution < -0.4 is 0 Å². The normalized spacial score (nSPS) is 12.5. The van der Waals surface area contributed by atoms with Crippen LogP contribution >= 0.6 is 34.2 Å². The molecule has 1 N–H and O–H groups in total. The van der Waals surface area contributed by atoms with Gasteiger partial charge in [0.15, 0.2) is 11.6 Å². The van der Waals surface area contributed by atoms with E-state index in [1.807, 2.05) is 12.1 Å². The van der Waals surface area contributed by atoms with Crippen molar-refractivity contribution in [2.75, 3.05) is 0 Å². The summed E-state index contributed by atoms with van der Waals surface area (Å²) in [5, 5.41) is 10.1. The molecule has 0 amide bonds. The summed E-state index contributed by atoms with van der Waals surface area (Å²) in [5.74, 6) is -2.06. The lowest BCUT2D eigenvalue weighted by molar-refractivity contribution is 0.219. The Hall–Kier alpha value is -0.720. The minimum Gasteiger partial charge on any atom is -0.384 e. The summed E-state index contributed by atoms with van der Waals surface area (Å²) in [5.41, 5.74) is 0.722. The summed E-state index contributed by atoms with van der Waals surface area (Å²) >= 11 is 7.94. The van der Waals surface area contributed by atoms with Gasteiger partial charge in [-0.25, -0.2) is 8.78 Å². The van der Waals surface area contributed by atoms with Crippen LogP contribution in [-0.2, 0) is 0 Å². The van der Waals surface area contributed by atoms with E-state index in [9.17, 15) is 13.9 Å². The second kappa shape index (κ2) is 5.50. The molecule has 0 aromatic heterocycles. The molecular weight excluding hydrogens is 372 g/mol. The first-order valence-electron chi connectivity index (χ1n) is 5.07. The van der Waals surface area contributed by atoms with Crippen molar-refractivity contribution in [3.8, 4) is 0 Å². The lowest BCUT2D eigenvalue weighted by atomic mass is 10.0. The van der Waals surface area contributed by atoms with Gasteiger partial charge in [-0.3, -0.25) is 0 Å². The fraction of sp³-hybridized carbons (Fsp3) is 0.0769. The van der Waals surface area contributed by atoms with Crippen LogP contribution in [0.4, 0.5) is 8.78 Å². The van der Waals surface area contributed by atoms with Crippen molar-refractivity contribution in [3.63, 3.8) is 0 Å². The second-order valence-electron chi connectivity index (χ2n) is 3.74. The average Bonchev–Trinajstić information content (AvgIpc) is 2.34. The standard InChI is InChI=1S/C13H8ClF2IO/c14-10-6-12(16)11(15)5-9(10)13(18)7-1-3-8(17)4-2-7/h1-6,13,18H. The molecule has 0 saturated carbocycles. The number of aliphatic hydroxyl groups excluding tert-OH is 1. The Morgan fingerprint density at radius 2 is 1.61 bits per heavy atom. The predicted octanol–water partition coefficient (Wildman–Crippen LogP) is 4.30. The van der Waals surface area contributed by atoms with E-state index in [-0.39, 0.29) is 10.6 Å². The van der Waals surface area contributed by atoms with E-state index < -0.39 is 17.7 Å². The van der Waals surface area contributed by atoms with Crippen LogP contribution in [-0.4, -0.2) is 5.11 Å². The summed E-state index contributed by atoms with van der Waals surface area (Å²) in [7, 11) is 0. The summed E-state index contributed by atoms with van der Waals surface area (Å²) in [6, 6.07) is 8.83. The van der Waals surface area contributed by atoms with Gasteiger partial charge >= 0.3 is 0 Å². The fourth-order valence-corrected chi connectivity index (χ4v) is 2.19. The molecule has 0 heterocycles.